The van der Waals surface area contributed by atoms with Crippen molar-refractivity contribution in [3.8, 4) is 0 Å². The Kier molecular flexibility index (Phi) is 3.88. The highest BCUT2D eigenvalue weighted by Gasteiger charge is 2.29. The first-order valence-electron chi connectivity index (χ1n) is 8.02. The summed E-state index contributed by atoms with van der Waals surface area (Å²) >= 11 is 6.01. The molecule has 0 spiro atoms. The summed E-state index contributed by atoms with van der Waals surface area (Å²) in [5, 5.41) is 0.676. The summed E-state index contributed by atoms with van der Waals surface area (Å²) in [6.45, 7) is 0. The number of rotatable bonds is 5. The van der Waals surface area contributed by atoms with Crippen LogP contribution in [0.3, 0.4) is 0 Å². The molecule has 4 nitrogen and oxygen atoms in total. The number of hydrogen-bond donors (Lipinski definition) is 1. The molecule has 1 N–H and O–H groups in total. The van der Waals surface area contributed by atoms with Crippen molar-refractivity contribution in [3.05, 3.63) is 64.3 Å². The van der Waals surface area contributed by atoms with Gasteiger partial charge < -0.3 is 4.98 Å². The average Bonchev–Trinajstić information content (AvgIpc) is 3.35. The predicted octanol–water partition coefficient (Wildman–Crippen LogP) is 4.11. The molecule has 2 heterocycles. The summed E-state index contributed by atoms with van der Waals surface area (Å²) in [6.07, 6.45) is 5.25. The van der Waals surface area contributed by atoms with E-state index >= 15 is 0 Å². The van der Waals surface area contributed by atoms with Crippen molar-refractivity contribution in [2.75, 3.05) is 0 Å². The van der Waals surface area contributed by atoms with E-state index in [1.54, 1.807) is 12.3 Å². The van der Waals surface area contributed by atoms with Gasteiger partial charge in [-0.15, -0.1) is 0 Å². The second-order valence-corrected chi connectivity index (χ2v) is 6.67. The average molecular weight is 357 g/mol. The van der Waals surface area contributed by atoms with Crippen LogP contribution in [0.4, 0.5) is 4.39 Å². The first-order chi connectivity index (χ1) is 12.0. The van der Waals surface area contributed by atoms with Gasteiger partial charge in [-0.3, -0.25) is 14.6 Å². The lowest BCUT2D eigenvalue weighted by Crippen LogP contribution is -2.07. The highest BCUT2D eigenvalue weighted by molar-refractivity contribution is 6.35. The highest BCUT2D eigenvalue weighted by atomic mass is 35.5. The van der Waals surface area contributed by atoms with E-state index in [0.717, 1.165) is 12.8 Å². The van der Waals surface area contributed by atoms with E-state index in [2.05, 4.69) is 9.97 Å². The first kappa shape index (κ1) is 16.0. The van der Waals surface area contributed by atoms with Crippen molar-refractivity contribution in [1.29, 1.82) is 0 Å². The number of carbonyl (C=O) groups is 2. The second-order valence-electron chi connectivity index (χ2n) is 6.27. The van der Waals surface area contributed by atoms with Crippen molar-refractivity contribution >= 4 is 34.1 Å². The minimum Gasteiger partial charge on any atom is -0.359 e. The number of nitrogens with zero attached hydrogens (tertiary/aromatic N) is 1. The van der Waals surface area contributed by atoms with Crippen LogP contribution < -0.4 is 0 Å². The maximum Gasteiger partial charge on any atom is 0.199 e. The molecule has 0 unspecified atom stereocenters. The number of fused-ring (bicyclic) bond motifs is 1. The van der Waals surface area contributed by atoms with Gasteiger partial charge in [0.25, 0.3) is 0 Å². The smallest absolute Gasteiger partial charge is 0.199 e. The standard InChI is InChI=1S/C19H14ClFN2O2/c20-14-2-1-3-15(21)18(14)19(25)13-8-23-16-9-22-11(6-12(13)16)7-17(24)10-4-5-10/h1-3,6,8-10,23H,4-5,7H2. The van der Waals surface area contributed by atoms with Gasteiger partial charge in [-0.1, -0.05) is 17.7 Å². The number of benzene rings is 1. The Labute approximate surface area is 148 Å². The van der Waals surface area contributed by atoms with Gasteiger partial charge in [0, 0.05) is 35.2 Å². The molecule has 0 amide bonds. The number of carbonyl (C=O) groups excluding carboxylic acids is 2. The number of aromatic amines is 1. The Balaban J connectivity index is 1.74. The van der Waals surface area contributed by atoms with Gasteiger partial charge in [-0.05, 0) is 31.0 Å². The lowest BCUT2D eigenvalue weighted by molar-refractivity contribution is -0.119. The topological polar surface area (TPSA) is 62.8 Å². The van der Waals surface area contributed by atoms with Crippen LogP contribution in [0.15, 0.2) is 36.7 Å². The number of hydrogen-bond acceptors (Lipinski definition) is 3. The van der Waals surface area contributed by atoms with Crippen LogP contribution in [0.25, 0.3) is 10.9 Å². The molecule has 3 aromatic rings. The Bertz CT molecular complexity index is 988. The summed E-state index contributed by atoms with van der Waals surface area (Å²) in [5.74, 6) is -0.834. The van der Waals surface area contributed by atoms with Crippen molar-refractivity contribution < 1.29 is 14.0 Å². The molecule has 1 aliphatic carbocycles. The minimum atomic E-state index is -0.662. The summed E-state index contributed by atoms with van der Waals surface area (Å²) < 4.78 is 14.1. The number of nitrogens with one attached hydrogen (secondary N) is 1. The molecule has 25 heavy (non-hydrogen) atoms. The zero-order valence-electron chi connectivity index (χ0n) is 13.2. The quantitative estimate of drug-likeness (QED) is 0.700. The molecule has 0 saturated heterocycles. The molecule has 2 aromatic heterocycles. The Morgan fingerprint density at radius 2 is 2.12 bits per heavy atom. The Hall–Kier alpha value is -2.53. The fourth-order valence-electron chi connectivity index (χ4n) is 2.93. The molecule has 1 aromatic carbocycles. The fourth-order valence-corrected chi connectivity index (χ4v) is 3.18. The van der Waals surface area contributed by atoms with Gasteiger partial charge in [0.2, 0.25) is 0 Å². The molecule has 4 rings (SSSR count). The van der Waals surface area contributed by atoms with Gasteiger partial charge >= 0.3 is 0 Å². The zero-order chi connectivity index (χ0) is 17.6. The van der Waals surface area contributed by atoms with Crippen LogP contribution in [-0.4, -0.2) is 21.5 Å². The van der Waals surface area contributed by atoms with Gasteiger partial charge in [-0.2, -0.15) is 0 Å². The third kappa shape index (κ3) is 2.96. The van der Waals surface area contributed by atoms with Crippen LogP contribution in [0, 0.1) is 11.7 Å². The monoisotopic (exact) mass is 356 g/mol. The van der Waals surface area contributed by atoms with Crippen molar-refractivity contribution in [2.24, 2.45) is 5.92 Å². The fraction of sp³-hybridized carbons (Fsp3) is 0.211. The summed E-state index contributed by atoms with van der Waals surface area (Å²) in [4.78, 5) is 32.0. The third-order valence-corrected chi connectivity index (χ3v) is 4.76. The van der Waals surface area contributed by atoms with E-state index in [4.69, 9.17) is 11.6 Å². The molecule has 126 valence electrons. The highest BCUT2D eigenvalue weighted by Crippen LogP contribution is 2.31. The Morgan fingerprint density at radius 1 is 1.32 bits per heavy atom. The van der Waals surface area contributed by atoms with E-state index in [1.807, 2.05) is 0 Å². The van der Waals surface area contributed by atoms with E-state index in [0.29, 0.717) is 22.2 Å². The predicted molar refractivity (Wildman–Crippen MR) is 92.4 cm³/mol. The number of H-pyrrole nitrogens is 1. The molecule has 1 fully saturated rings. The van der Waals surface area contributed by atoms with E-state index < -0.39 is 11.6 Å². The molecule has 1 aliphatic rings. The van der Waals surface area contributed by atoms with Crippen molar-refractivity contribution in [3.63, 3.8) is 0 Å². The molecule has 0 radical (unpaired) electrons. The maximum atomic E-state index is 14.1. The molecular formula is C19H14ClFN2O2. The molecule has 0 aliphatic heterocycles. The number of halogens is 2. The molecular weight excluding hydrogens is 343 g/mol. The second kappa shape index (κ2) is 6.08. The number of aromatic nitrogens is 2. The molecule has 0 bridgehead atoms. The van der Waals surface area contributed by atoms with Crippen LogP contribution in [0.1, 0.15) is 34.5 Å². The first-order valence-corrected chi connectivity index (χ1v) is 8.40. The van der Waals surface area contributed by atoms with E-state index in [1.165, 1.54) is 24.4 Å². The zero-order valence-corrected chi connectivity index (χ0v) is 13.9. The lowest BCUT2D eigenvalue weighted by Gasteiger charge is -2.05. The van der Waals surface area contributed by atoms with Gasteiger partial charge in [-0.25, -0.2) is 4.39 Å². The van der Waals surface area contributed by atoms with Crippen LogP contribution >= 0.6 is 11.6 Å². The van der Waals surface area contributed by atoms with E-state index in [9.17, 15) is 14.0 Å². The van der Waals surface area contributed by atoms with Crippen LogP contribution in [0.5, 0.6) is 0 Å². The number of pyridine rings is 1. The van der Waals surface area contributed by atoms with Gasteiger partial charge in [0.1, 0.15) is 11.6 Å². The summed E-state index contributed by atoms with van der Waals surface area (Å²) in [6, 6.07) is 5.85. The van der Waals surface area contributed by atoms with Crippen LogP contribution in [-0.2, 0) is 11.2 Å². The molecule has 6 heteroatoms. The minimum absolute atomic E-state index is 0.0672. The van der Waals surface area contributed by atoms with Gasteiger partial charge in [0.05, 0.1) is 22.3 Å². The SMILES string of the molecule is O=C(c1c(F)cccc1Cl)c1c[nH]c2cnc(CC(=O)C3CC3)cc12. The Morgan fingerprint density at radius 3 is 2.84 bits per heavy atom. The third-order valence-electron chi connectivity index (χ3n) is 4.45. The van der Waals surface area contributed by atoms with Crippen molar-refractivity contribution in [1.82, 2.24) is 9.97 Å². The number of Topliss-reactive ketones (excluding diaryl/α,β-unsaturated/α-hetero) is 1. The normalized spacial score (nSPS) is 14.0. The molecule has 0 atom stereocenters. The molecule has 1 saturated carbocycles. The van der Waals surface area contributed by atoms with Crippen LogP contribution in [0.2, 0.25) is 5.02 Å². The van der Waals surface area contributed by atoms with E-state index in [-0.39, 0.29) is 28.7 Å². The van der Waals surface area contributed by atoms with Gasteiger partial charge in [0.15, 0.2) is 5.78 Å². The maximum absolute atomic E-state index is 14.1. The summed E-state index contributed by atoms with van der Waals surface area (Å²) in [5.41, 5.74) is 1.41. The lowest BCUT2D eigenvalue weighted by atomic mass is 10.0. The summed E-state index contributed by atoms with van der Waals surface area (Å²) in [7, 11) is 0. The largest absolute Gasteiger partial charge is 0.359 e. The van der Waals surface area contributed by atoms with Crippen molar-refractivity contribution in [2.45, 2.75) is 19.3 Å². The number of ketones is 2.